The lowest BCUT2D eigenvalue weighted by atomic mass is 9.95. The standard InChI is InChI=1S/C28H28F4N4/c1-20-15-26-22(17-33-36(26)24-9-7-23(29)8-10-24)16-25(20)27-19-34(18-21-5-3-2-4-6-21)13-14-35(27)12-11-28(30,31)32/h2-10,15-17,27H,11-14,18-19H2,1H3/t27-/m0/s1. The minimum Gasteiger partial charge on any atom is -0.296 e. The molecule has 0 spiro atoms. The number of aryl methyl sites for hydroxylation is 1. The van der Waals surface area contributed by atoms with Crippen LogP contribution in [0.5, 0.6) is 0 Å². The van der Waals surface area contributed by atoms with Gasteiger partial charge in [-0.05, 0) is 60.0 Å². The summed E-state index contributed by atoms with van der Waals surface area (Å²) in [6.45, 7) is 4.65. The number of fused-ring (bicyclic) bond motifs is 1. The Morgan fingerprint density at radius 1 is 0.972 bits per heavy atom. The molecule has 1 atom stereocenters. The number of rotatable bonds is 6. The van der Waals surface area contributed by atoms with E-state index in [1.165, 1.54) is 17.7 Å². The van der Waals surface area contributed by atoms with E-state index in [9.17, 15) is 17.6 Å². The number of halogens is 4. The third-order valence-corrected chi connectivity index (χ3v) is 6.89. The zero-order valence-electron chi connectivity index (χ0n) is 20.0. The Balaban J connectivity index is 1.46. The zero-order valence-corrected chi connectivity index (χ0v) is 20.0. The van der Waals surface area contributed by atoms with Crippen molar-refractivity contribution >= 4 is 10.9 Å². The number of hydrogen-bond donors (Lipinski definition) is 0. The molecule has 188 valence electrons. The average molecular weight is 497 g/mol. The van der Waals surface area contributed by atoms with Crippen molar-refractivity contribution in [3.05, 3.63) is 95.4 Å². The molecule has 1 fully saturated rings. The van der Waals surface area contributed by atoms with Gasteiger partial charge in [0.1, 0.15) is 5.82 Å². The fourth-order valence-electron chi connectivity index (χ4n) is 5.04. The number of aromatic nitrogens is 2. The highest BCUT2D eigenvalue weighted by molar-refractivity contribution is 5.82. The zero-order chi connectivity index (χ0) is 25.3. The first-order valence-corrected chi connectivity index (χ1v) is 12.1. The van der Waals surface area contributed by atoms with Crippen molar-refractivity contribution in [3.8, 4) is 5.69 Å². The number of alkyl halides is 3. The van der Waals surface area contributed by atoms with Gasteiger partial charge in [-0.25, -0.2) is 9.07 Å². The fraction of sp³-hybridized carbons (Fsp3) is 0.321. The molecule has 0 unspecified atom stereocenters. The van der Waals surface area contributed by atoms with Gasteiger partial charge in [0.05, 0.1) is 23.8 Å². The highest BCUT2D eigenvalue weighted by Crippen LogP contribution is 2.33. The Labute approximate surface area is 207 Å². The molecule has 0 bridgehead atoms. The van der Waals surface area contributed by atoms with E-state index in [4.69, 9.17) is 0 Å². The summed E-state index contributed by atoms with van der Waals surface area (Å²) in [4.78, 5) is 4.28. The van der Waals surface area contributed by atoms with Crippen molar-refractivity contribution in [2.75, 3.05) is 26.2 Å². The van der Waals surface area contributed by atoms with Crippen molar-refractivity contribution < 1.29 is 17.6 Å². The first kappa shape index (κ1) is 24.5. The fourth-order valence-corrected chi connectivity index (χ4v) is 5.04. The van der Waals surface area contributed by atoms with Gasteiger partial charge in [0.2, 0.25) is 0 Å². The monoisotopic (exact) mass is 496 g/mol. The van der Waals surface area contributed by atoms with Gasteiger partial charge in [0.25, 0.3) is 0 Å². The molecule has 0 amide bonds. The van der Waals surface area contributed by atoms with Crippen LogP contribution in [0, 0.1) is 12.7 Å². The smallest absolute Gasteiger partial charge is 0.296 e. The van der Waals surface area contributed by atoms with E-state index >= 15 is 0 Å². The molecule has 2 heterocycles. The van der Waals surface area contributed by atoms with Crippen LogP contribution in [0.25, 0.3) is 16.6 Å². The lowest BCUT2D eigenvalue weighted by molar-refractivity contribution is -0.140. The molecule has 0 radical (unpaired) electrons. The van der Waals surface area contributed by atoms with Gasteiger partial charge in [-0.1, -0.05) is 30.3 Å². The van der Waals surface area contributed by atoms with Gasteiger partial charge in [0, 0.05) is 44.2 Å². The van der Waals surface area contributed by atoms with Crippen LogP contribution in [-0.4, -0.2) is 51.9 Å². The normalized spacial score (nSPS) is 17.6. The maximum atomic E-state index is 13.4. The first-order valence-electron chi connectivity index (χ1n) is 12.1. The summed E-state index contributed by atoms with van der Waals surface area (Å²) in [5.41, 5.74) is 4.82. The van der Waals surface area contributed by atoms with Crippen molar-refractivity contribution in [3.63, 3.8) is 0 Å². The SMILES string of the molecule is Cc1cc2c(cnn2-c2ccc(F)cc2)cc1[C@@H]1CN(Cc2ccccc2)CCN1CCC(F)(F)F. The Hall–Kier alpha value is -3.23. The average Bonchev–Trinajstić information content (AvgIpc) is 3.26. The van der Waals surface area contributed by atoms with E-state index in [1.807, 2.05) is 36.1 Å². The number of hydrogen-bond acceptors (Lipinski definition) is 3. The predicted octanol–water partition coefficient (Wildman–Crippen LogP) is 6.28. The quantitative estimate of drug-likeness (QED) is 0.294. The molecule has 5 rings (SSSR count). The van der Waals surface area contributed by atoms with E-state index < -0.39 is 12.6 Å². The van der Waals surface area contributed by atoms with Crippen LogP contribution in [0.4, 0.5) is 17.6 Å². The topological polar surface area (TPSA) is 24.3 Å². The van der Waals surface area contributed by atoms with E-state index in [-0.39, 0.29) is 18.4 Å². The van der Waals surface area contributed by atoms with Crippen LogP contribution in [-0.2, 0) is 6.54 Å². The van der Waals surface area contributed by atoms with Gasteiger partial charge >= 0.3 is 6.18 Å². The van der Waals surface area contributed by atoms with Crippen LogP contribution < -0.4 is 0 Å². The third-order valence-electron chi connectivity index (χ3n) is 6.89. The summed E-state index contributed by atoms with van der Waals surface area (Å²) >= 11 is 0. The lowest BCUT2D eigenvalue weighted by Crippen LogP contribution is -2.49. The molecule has 1 aliphatic heterocycles. The molecule has 3 aromatic carbocycles. The summed E-state index contributed by atoms with van der Waals surface area (Å²) in [7, 11) is 0. The highest BCUT2D eigenvalue weighted by Gasteiger charge is 2.34. The summed E-state index contributed by atoms with van der Waals surface area (Å²) in [5.74, 6) is -0.315. The molecule has 0 saturated carbocycles. The molecule has 0 aliphatic carbocycles. The lowest BCUT2D eigenvalue weighted by Gasteiger charge is -2.42. The van der Waals surface area contributed by atoms with E-state index in [0.29, 0.717) is 19.6 Å². The van der Waals surface area contributed by atoms with E-state index in [0.717, 1.165) is 34.3 Å². The summed E-state index contributed by atoms with van der Waals surface area (Å²) < 4.78 is 54.5. The predicted molar refractivity (Wildman–Crippen MR) is 132 cm³/mol. The molecule has 0 N–H and O–H groups in total. The number of nitrogens with zero attached hydrogens (tertiary/aromatic N) is 4. The van der Waals surface area contributed by atoms with E-state index in [2.05, 4.69) is 28.2 Å². The maximum Gasteiger partial charge on any atom is 0.390 e. The van der Waals surface area contributed by atoms with Crippen LogP contribution in [0.2, 0.25) is 0 Å². The molecular formula is C28H28F4N4. The van der Waals surface area contributed by atoms with Crippen LogP contribution >= 0.6 is 0 Å². The van der Waals surface area contributed by atoms with Crippen molar-refractivity contribution in [2.24, 2.45) is 0 Å². The van der Waals surface area contributed by atoms with E-state index in [1.54, 1.807) is 23.0 Å². The van der Waals surface area contributed by atoms with Crippen molar-refractivity contribution in [1.29, 1.82) is 0 Å². The second kappa shape index (κ2) is 10.0. The molecule has 8 heteroatoms. The van der Waals surface area contributed by atoms with Crippen molar-refractivity contribution in [1.82, 2.24) is 19.6 Å². The molecule has 4 aromatic rings. The largest absolute Gasteiger partial charge is 0.390 e. The minimum absolute atomic E-state index is 0.0281. The van der Waals surface area contributed by atoms with Gasteiger partial charge in [-0.2, -0.15) is 18.3 Å². The Kier molecular flexibility index (Phi) is 6.81. The summed E-state index contributed by atoms with van der Waals surface area (Å²) in [6, 6.07) is 20.2. The Morgan fingerprint density at radius 2 is 1.72 bits per heavy atom. The molecule has 1 saturated heterocycles. The van der Waals surface area contributed by atoms with Gasteiger partial charge in [0.15, 0.2) is 0 Å². The van der Waals surface area contributed by atoms with Crippen LogP contribution in [0.3, 0.4) is 0 Å². The van der Waals surface area contributed by atoms with Crippen molar-refractivity contribution in [2.45, 2.75) is 32.1 Å². The molecule has 1 aromatic heterocycles. The number of piperazine rings is 1. The molecule has 1 aliphatic rings. The minimum atomic E-state index is -4.19. The first-order chi connectivity index (χ1) is 17.3. The van der Waals surface area contributed by atoms with Crippen LogP contribution in [0.1, 0.15) is 29.2 Å². The summed E-state index contributed by atoms with van der Waals surface area (Å²) in [6.07, 6.45) is -3.26. The molecule has 36 heavy (non-hydrogen) atoms. The number of benzene rings is 3. The molecule has 4 nitrogen and oxygen atoms in total. The van der Waals surface area contributed by atoms with Gasteiger partial charge in [-0.3, -0.25) is 9.80 Å². The van der Waals surface area contributed by atoms with Gasteiger partial charge < -0.3 is 0 Å². The Morgan fingerprint density at radius 3 is 2.44 bits per heavy atom. The summed E-state index contributed by atoms with van der Waals surface area (Å²) in [5, 5.41) is 5.40. The third kappa shape index (κ3) is 5.44. The maximum absolute atomic E-state index is 13.4. The second-order valence-corrected chi connectivity index (χ2v) is 9.44. The second-order valence-electron chi connectivity index (χ2n) is 9.44. The Bertz CT molecular complexity index is 1320. The van der Waals surface area contributed by atoms with Crippen LogP contribution in [0.15, 0.2) is 72.9 Å². The van der Waals surface area contributed by atoms with Gasteiger partial charge in [-0.15, -0.1) is 0 Å². The highest BCUT2D eigenvalue weighted by atomic mass is 19.4. The molecular weight excluding hydrogens is 468 g/mol.